The second kappa shape index (κ2) is 5.13. The molecule has 0 saturated heterocycles. The molecule has 0 aromatic carbocycles. The highest BCUT2D eigenvalue weighted by Crippen LogP contribution is 1.98. The maximum atomic E-state index is 8.69. The van der Waals surface area contributed by atoms with Crippen molar-refractivity contribution < 1.29 is 5.11 Å². The van der Waals surface area contributed by atoms with Gasteiger partial charge in [0.05, 0.1) is 13.2 Å². The average molecular weight is 158 g/mol. The van der Waals surface area contributed by atoms with Gasteiger partial charge >= 0.3 is 0 Å². The van der Waals surface area contributed by atoms with Gasteiger partial charge in [-0.3, -0.25) is 5.01 Å². The molecule has 0 bridgehead atoms. The lowest BCUT2D eigenvalue weighted by atomic mass is 10.4. The summed E-state index contributed by atoms with van der Waals surface area (Å²) in [5.41, 5.74) is 1.02. The molecular formula is C8H18N2O. The molecule has 3 nitrogen and oxygen atoms in total. The second-order valence-corrected chi connectivity index (χ2v) is 3.03. The molecule has 0 fully saturated rings. The highest BCUT2D eigenvalue weighted by atomic mass is 16.3. The van der Waals surface area contributed by atoms with Crippen LogP contribution in [-0.4, -0.2) is 35.0 Å². The number of hydrazone groups is 1. The Labute approximate surface area is 68.7 Å². The first-order valence-electron chi connectivity index (χ1n) is 3.97. The van der Waals surface area contributed by atoms with Crippen LogP contribution < -0.4 is 0 Å². The van der Waals surface area contributed by atoms with Crippen LogP contribution in [0.4, 0.5) is 0 Å². The van der Waals surface area contributed by atoms with E-state index in [-0.39, 0.29) is 6.61 Å². The Kier molecular flexibility index (Phi) is 4.86. The lowest BCUT2D eigenvalue weighted by molar-refractivity contribution is 0.171. The summed E-state index contributed by atoms with van der Waals surface area (Å²) in [4.78, 5) is 0. The summed E-state index contributed by atoms with van der Waals surface area (Å²) in [5.74, 6) is 0. The number of aliphatic hydroxyl groups excluding tert-OH is 1. The summed E-state index contributed by atoms with van der Waals surface area (Å²) in [6.45, 7) is 8.79. The van der Waals surface area contributed by atoms with E-state index in [1.807, 2.05) is 18.9 Å². The van der Waals surface area contributed by atoms with E-state index in [0.717, 1.165) is 5.71 Å². The SMILES string of the molecule is CC(C)=NN(CCO)C(C)C. The van der Waals surface area contributed by atoms with Crippen molar-refractivity contribution in [1.82, 2.24) is 5.01 Å². The molecule has 0 unspecified atom stereocenters. The third-order valence-electron chi connectivity index (χ3n) is 1.25. The maximum Gasteiger partial charge on any atom is 0.0623 e. The first-order valence-corrected chi connectivity index (χ1v) is 3.97. The smallest absolute Gasteiger partial charge is 0.0623 e. The van der Waals surface area contributed by atoms with Crippen LogP contribution in [0.3, 0.4) is 0 Å². The van der Waals surface area contributed by atoms with Gasteiger partial charge in [0.2, 0.25) is 0 Å². The number of nitrogens with zero attached hydrogens (tertiary/aromatic N) is 2. The van der Waals surface area contributed by atoms with Crippen LogP contribution in [0.25, 0.3) is 0 Å². The molecule has 0 aliphatic carbocycles. The Morgan fingerprint density at radius 3 is 2.27 bits per heavy atom. The van der Waals surface area contributed by atoms with Gasteiger partial charge in [0.1, 0.15) is 0 Å². The third-order valence-corrected chi connectivity index (χ3v) is 1.25. The molecule has 0 heterocycles. The van der Waals surface area contributed by atoms with E-state index in [1.54, 1.807) is 0 Å². The zero-order valence-corrected chi connectivity index (χ0v) is 7.83. The summed E-state index contributed by atoms with van der Waals surface area (Å²) in [7, 11) is 0. The van der Waals surface area contributed by atoms with Crippen molar-refractivity contribution in [2.75, 3.05) is 13.2 Å². The molecule has 0 aliphatic rings. The molecule has 0 atom stereocenters. The Morgan fingerprint density at radius 2 is 2.00 bits per heavy atom. The van der Waals surface area contributed by atoms with Crippen molar-refractivity contribution in [2.24, 2.45) is 5.10 Å². The third kappa shape index (κ3) is 4.79. The van der Waals surface area contributed by atoms with Crippen LogP contribution in [0, 0.1) is 0 Å². The van der Waals surface area contributed by atoms with Crippen LogP contribution in [0.15, 0.2) is 5.10 Å². The highest BCUT2D eigenvalue weighted by molar-refractivity contribution is 5.78. The first-order chi connectivity index (χ1) is 5.07. The van der Waals surface area contributed by atoms with Crippen LogP contribution >= 0.6 is 0 Å². The summed E-state index contributed by atoms with van der Waals surface area (Å²) in [6.07, 6.45) is 0. The zero-order valence-electron chi connectivity index (χ0n) is 7.83. The van der Waals surface area contributed by atoms with Gasteiger partial charge in [-0.2, -0.15) is 5.10 Å². The van der Waals surface area contributed by atoms with Crippen LogP contribution in [-0.2, 0) is 0 Å². The fourth-order valence-electron chi connectivity index (χ4n) is 0.783. The minimum absolute atomic E-state index is 0.162. The summed E-state index contributed by atoms with van der Waals surface area (Å²) in [5, 5.41) is 14.8. The lowest BCUT2D eigenvalue weighted by Crippen LogP contribution is -2.29. The first kappa shape index (κ1) is 10.4. The molecule has 0 radical (unpaired) electrons. The van der Waals surface area contributed by atoms with Crippen molar-refractivity contribution in [3.8, 4) is 0 Å². The topological polar surface area (TPSA) is 35.8 Å². The van der Waals surface area contributed by atoms with Crippen molar-refractivity contribution >= 4 is 5.71 Å². The van der Waals surface area contributed by atoms with Crippen LogP contribution in [0.1, 0.15) is 27.7 Å². The number of hydrogen-bond donors (Lipinski definition) is 1. The minimum Gasteiger partial charge on any atom is -0.394 e. The van der Waals surface area contributed by atoms with E-state index in [2.05, 4.69) is 18.9 Å². The van der Waals surface area contributed by atoms with Crippen molar-refractivity contribution in [1.29, 1.82) is 0 Å². The van der Waals surface area contributed by atoms with E-state index in [4.69, 9.17) is 5.11 Å². The average Bonchev–Trinajstić information content (AvgIpc) is 1.86. The van der Waals surface area contributed by atoms with Gasteiger partial charge in [0, 0.05) is 11.8 Å². The molecule has 0 aromatic heterocycles. The van der Waals surface area contributed by atoms with Gasteiger partial charge < -0.3 is 5.11 Å². The van der Waals surface area contributed by atoms with Crippen LogP contribution in [0.2, 0.25) is 0 Å². The van der Waals surface area contributed by atoms with Crippen LogP contribution in [0.5, 0.6) is 0 Å². The van der Waals surface area contributed by atoms with Gasteiger partial charge in [-0.15, -0.1) is 0 Å². The lowest BCUT2D eigenvalue weighted by Gasteiger charge is -2.22. The van der Waals surface area contributed by atoms with Crippen molar-refractivity contribution in [2.45, 2.75) is 33.7 Å². The van der Waals surface area contributed by atoms with Crippen molar-refractivity contribution in [3.05, 3.63) is 0 Å². The summed E-state index contributed by atoms with van der Waals surface area (Å²) < 4.78 is 0. The molecule has 66 valence electrons. The molecule has 0 aliphatic heterocycles. The van der Waals surface area contributed by atoms with E-state index >= 15 is 0 Å². The molecule has 0 aromatic rings. The van der Waals surface area contributed by atoms with Gasteiger partial charge in [-0.25, -0.2) is 0 Å². The standard InChI is InChI=1S/C8H18N2O/c1-7(2)9-10(5-6-11)8(3)4/h8,11H,5-6H2,1-4H3. The number of hydrogen-bond acceptors (Lipinski definition) is 3. The zero-order chi connectivity index (χ0) is 8.85. The molecule has 0 rings (SSSR count). The van der Waals surface area contributed by atoms with E-state index < -0.39 is 0 Å². The maximum absolute atomic E-state index is 8.69. The molecular weight excluding hydrogens is 140 g/mol. The van der Waals surface area contributed by atoms with Gasteiger partial charge in [0.15, 0.2) is 0 Å². The summed E-state index contributed by atoms with van der Waals surface area (Å²) >= 11 is 0. The van der Waals surface area contributed by atoms with Crippen molar-refractivity contribution in [3.63, 3.8) is 0 Å². The Bertz CT molecular complexity index is 128. The Morgan fingerprint density at radius 1 is 1.45 bits per heavy atom. The normalized spacial score (nSPS) is 10.0. The number of aliphatic hydroxyl groups is 1. The fourth-order valence-corrected chi connectivity index (χ4v) is 0.783. The van der Waals surface area contributed by atoms with E-state index in [0.29, 0.717) is 12.6 Å². The van der Waals surface area contributed by atoms with Gasteiger partial charge in [-0.1, -0.05) is 0 Å². The minimum atomic E-state index is 0.162. The highest BCUT2D eigenvalue weighted by Gasteiger charge is 2.03. The van der Waals surface area contributed by atoms with Gasteiger partial charge in [-0.05, 0) is 27.7 Å². The Balaban J connectivity index is 4.00. The molecule has 3 heteroatoms. The largest absolute Gasteiger partial charge is 0.394 e. The summed E-state index contributed by atoms with van der Waals surface area (Å²) in [6, 6.07) is 0.358. The second-order valence-electron chi connectivity index (χ2n) is 3.03. The molecule has 0 amide bonds. The fraction of sp³-hybridized carbons (Fsp3) is 0.875. The molecule has 11 heavy (non-hydrogen) atoms. The number of rotatable bonds is 4. The quantitative estimate of drug-likeness (QED) is 0.491. The molecule has 1 N–H and O–H groups in total. The monoisotopic (exact) mass is 158 g/mol. The van der Waals surface area contributed by atoms with E-state index in [9.17, 15) is 0 Å². The predicted molar refractivity (Wildman–Crippen MR) is 47.7 cm³/mol. The predicted octanol–water partition coefficient (Wildman–Crippen LogP) is 1.08. The molecule has 0 saturated carbocycles. The van der Waals surface area contributed by atoms with E-state index in [1.165, 1.54) is 0 Å². The Hall–Kier alpha value is -0.570. The molecule has 0 spiro atoms. The van der Waals surface area contributed by atoms with Gasteiger partial charge in [0.25, 0.3) is 0 Å².